The van der Waals surface area contributed by atoms with E-state index in [-0.39, 0.29) is 11.9 Å². The van der Waals surface area contributed by atoms with Gasteiger partial charge >= 0.3 is 0 Å². The minimum atomic E-state index is -0.566. The highest BCUT2D eigenvalue weighted by Crippen LogP contribution is 2.40. The topological polar surface area (TPSA) is 29.5 Å². The summed E-state index contributed by atoms with van der Waals surface area (Å²) in [4.78, 5) is 0. The number of ether oxygens (including phenoxy) is 1. The third-order valence-corrected chi connectivity index (χ3v) is 3.21. The largest absolute Gasteiger partial charge is 0.485 e. The maximum atomic E-state index is 13.2. The zero-order chi connectivity index (χ0) is 12.5. The molecule has 1 aliphatic rings. The smallest absolute Gasteiger partial charge is 0.127 e. The van der Waals surface area contributed by atoms with Gasteiger partial charge in [-0.3, -0.25) is 0 Å². The van der Waals surface area contributed by atoms with Gasteiger partial charge in [0.25, 0.3) is 0 Å². The number of para-hydroxylation sites is 1. The van der Waals surface area contributed by atoms with Crippen molar-refractivity contribution < 1.29 is 14.2 Å². The van der Waals surface area contributed by atoms with E-state index in [0.717, 1.165) is 11.1 Å². The Morgan fingerprint density at radius 2 is 1.94 bits per heavy atom. The van der Waals surface area contributed by atoms with Gasteiger partial charge in [0.15, 0.2) is 0 Å². The number of fused-ring (bicyclic) bond motifs is 1. The summed E-state index contributed by atoms with van der Waals surface area (Å²) in [5.74, 6) is 0.384. The molecule has 3 rings (SSSR count). The second-order valence-corrected chi connectivity index (χ2v) is 4.45. The average molecular weight is 244 g/mol. The summed E-state index contributed by atoms with van der Waals surface area (Å²) in [6, 6.07) is 13.7. The third kappa shape index (κ3) is 1.97. The van der Waals surface area contributed by atoms with E-state index in [2.05, 4.69) is 0 Å². The molecule has 0 aliphatic carbocycles. The van der Waals surface area contributed by atoms with E-state index < -0.39 is 6.10 Å². The number of aliphatic hydroxyl groups is 1. The van der Waals surface area contributed by atoms with Crippen molar-refractivity contribution in [1.82, 2.24) is 0 Å². The molecule has 0 saturated heterocycles. The molecule has 0 radical (unpaired) electrons. The van der Waals surface area contributed by atoms with Crippen molar-refractivity contribution in [2.75, 3.05) is 0 Å². The van der Waals surface area contributed by atoms with Crippen molar-refractivity contribution in [3.63, 3.8) is 0 Å². The predicted octanol–water partition coefficient (Wildman–Crippen LogP) is 3.38. The summed E-state index contributed by atoms with van der Waals surface area (Å²) < 4.78 is 19.0. The molecule has 0 bridgehead atoms. The van der Waals surface area contributed by atoms with Crippen molar-refractivity contribution in [2.24, 2.45) is 0 Å². The Morgan fingerprint density at radius 1 is 1.11 bits per heavy atom. The molecule has 92 valence electrons. The fourth-order valence-electron chi connectivity index (χ4n) is 2.31. The average Bonchev–Trinajstić information content (AvgIpc) is 2.39. The molecule has 18 heavy (non-hydrogen) atoms. The van der Waals surface area contributed by atoms with Gasteiger partial charge in [0.1, 0.15) is 17.7 Å². The van der Waals surface area contributed by atoms with Gasteiger partial charge in [0.2, 0.25) is 0 Å². The van der Waals surface area contributed by atoms with Crippen LogP contribution < -0.4 is 4.74 Å². The first kappa shape index (κ1) is 11.2. The fourth-order valence-corrected chi connectivity index (χ4v) is 2.31. The minimum absolute atomic E-state index is 0.288. The molecule has 3 heteroatoms. The molecule has 1 unspecified atom stereocenters. The van der Waals surface area contributed by atoms with Gasteiger partial charge in [-0.2, -0.15) is 0 Å². The Labute approximate surface area is 105 Å². The highest BCUT2D eigenvalue weighted by molar-refractivity contribution is 5.38. The van der Waals surface area contributed by atoms with E-state index in [4.69, 9.17) is 4.74 Å². The summed E-state index contributed by atoms with van der Waals surface area (Å²) in [7, 11) is 0. The molecular weight excluding hydrogens is 231 g/mol. The van der Waals surface area contributed by atoms with Gasteiger partial charge in [-0.25, -0.2) is 4.39 Å². The van der Waals surface area contributed by atoms with Crippen LogP contribution in [0.2, 0.25) is 0 Å². The van der Waals surface area contributed by atoms with Crippen molar-refractivity contribution in [2.45, 2.75) is 18.6 Å². The summed E-state index contributed by atoms with van der Waals surface area (Å²) >= 11 is 0. The lowest BCUT2D eigenvalue weighted by molar-refractivity contribution is 0.0656. The monoisotopic (exact) mass is 244 g/mol. The van der Waals surface area contributed by atoms with Gasteiger partial charge in [-0.1, -0.05) is 30.3 Å². The molecule has 0 amide bonds. The maximum Gasteiger partial charge on any atom is 0.127 e. The summed E-state index contributed by atoms with van der Waals surface area (Å²) in [6.07, 6.45) is -0.422. The van der Waals surface area contributed by atoms with E-state index in [0.29, 0.717) is 12.2 Å². The van der Waals surface area contributed by atoms with E-state index in [1.54, 1.807) is 6.07 Å². The highest BCUT2D eigenvalue weighted by atomic mass is 19.1. The van der Waals surface area contributed by atoms with E-state index in [1.165, 1.54) is 12.1 Å². The molecule has 1 aliphatic heterocycles. The van der Waals surface area contributed by atoms with Crippen LogP contribution in [-0.2, 0) is 0 Å². The van der Waals surface area contributed by atoms with E-state index in [9.17, 15) is 9.50 Å². The van der Waals surface area contributed by atoms with Crippen molar-refractivity contribution in [1.29, 1.82) is 0 Å². The molecule has 0 aromatic heterocycles. The quantitative estimate of drug-likeness (QED) is 0.833. The summed E-state index contributed by atoms with van der Waals surface area (Å²) in [5.41, 5.74) is 1.55. The minimum Gasteiger partial charge on any atom is -0.485 e. The zero-order valence-electron chi connectivity index (χ0n) is 9.71. The first-order chi connectivity index (χ1) is 8.74. The number of rotatable bonds is 1. The molecule has 2 aromatic rings. The molecule has 2 atom stereocenters. The molecule has 0 saturated carbocycles. The third-order valence-electron chi connectivity index (χ3n) is 3.21. The van der Waals surface area contributed by atoms with Crippen LogP contribution in [0.3, 0.4) is 0 Å². The van der Waals surface area contributed by atoms with Crippen LogP contribution in [0, 0.1) is 5.82 Å². The molecule has 2 aromatic carbocycles. The Balaban J connectivity index is 1.94. The standard InChI is InChI=1S/C15H13FO2/c16-11-5-3-4-10(8-11)15-9-13(17)12-6-1-2-7-14(12)18-15/h1-8,13,15,17H,9H2/t13-,15?/m0/s1. The van der Waals surface area contributed by atoms with Crippen LogP contribution in [0.5, 0.6) is 5.75 Å². The Bertz CT molecular complexity index is 568. The van der Waals surface area contributed by atoms with Gasteiger partial charge in [-0.05, 0) is 23.8 Å². The van der Waals surface area contributed by atoms with Gasteiger partial charge in [0, 0.05) is 12.0 Å². The van der Waals surface area contributed by atoms with Gasteiger partial charge in [0.05, 0.1) is 6.10 Å². The lowest BCUT2D eigenvalue weighted by Gasteiger charge is -2.29. The molecule has 0 spiro atoms. The predicted molar refractivity (Wildman–Crippen MR) is 65.8 cm³/mol. The maximum absolute atomic E-state index is 13.2. The first-order valence-electron chi connectivity index (χ1n) is 5.93. The number of hydrogen-bond acceptors (Lipinski definition) is 2. The van der Waals surface area contributed by atoms with Crippen molar-refractivity contribution >= 4 is 0 Å². The lowest BCUT2D eigenvalue weighted by atomic mass is 9.95. The van der Waals surface area contributed by atoms with Crippen LogP contribution in [0.15, 0.2) is 48.5 Å². The van der Waals surface area contributed by atoms with Crippen LogP contribution >= 0.6 is 0 Å². The Kier molecular flexibility index (Phi) is 2.76. The first-order valence-corrected chi connectivity index (χ1v) is 5.93. The Morgan fingerprint density at radius 3 is 2.78 bits per heavy atom. The van der Waals surface area contributed by atoms with Crippen molar-refractivity contribution in [3.8, 4) is 5.75 Å². The molecule has 2 nitrogen and oxygen atoms in total. The van der Waals surface area contributed by atoms with E-state index in [1.807, 2.05) is 30.3 Å². The fraction of sp³-hybridized carbons (Fsp3) is 0.200. The lowest BCUT2D eigenvalue weighted by Crippen LogP contribution is -2.19. The van der Waals surface area contributed by atoms with E-state index >= 15 is 0 Å². The van der Waals surface area contributed by atoms with Gasteiger partial charge < -0.3 is 9.84 Å². The summed E-state index contributed by atoms with van der Waals surface area (Å²) in [5, 5.41) is 10.1. The van der Waals surface area contributed by atoms with Crippen LogP contribution in [-0.4, -0.2) is 5.11 Å². The number of hydrogen-bond donors (Lipinski definition) is 1. The number of aliphatic hydroxyl groups excluding tert-OH is 1. The van der Waals surface area contributed by atoms with Crippen LogP contribution in [0.25, 0.3) is 0 Å². The summed E-state index contributed by atoms with van der Waals surface area (Å²) in [6.45, 7) is 0. The second-order valence-electron chi connectivity index (χ2n) is 4.45. The van der Waals surface area contributed by atoms with Crippen LogP contribution in [0.4, 0.5) is 4.39 Å². The van der Waals surface area contributed by atoms with Crippen LogP contribution in [0.1, 0.15) is 29.8 Å². The number of benzene rings is 2. The highest BCUT2D eigenvalue weighted by Gasteiger charge is 2.27. The molecule has 1 N–H and O–H groups in total. The normalized spacial score (nSPS) is 22.1. The number of halogens is 1. The van der Waals surface area contributed by atoms with Crippen molar-refractivity contribution in [3.05, 3.63) is 65.5 Å². The SMILES string of the molecule is O[C@H]1CC(c2cccc(F)c2)Oc2ccccc21. The molecule has 0 fully saturated rings. The second kappa shape index (κ2) is 4.42. The van der Waals surface area contributed by atoms with Gasteiger partial charge in [-0.15, -0.1) is 0 Å². The zero-order valence-corrected chi connectivity index (χ0v) is 9.71. The molecular formula is C15H13FO2. The Hall–Kier alpha value is -1.87. The molecule has 1 heterocycles.